The number of carbonyl (C=O) groups excluding carboxylic acids is 1. The minimum atomic E-state index is -0.711. The summed E-state index contributed by atoms with van der Waals surface area (Å²) in [5.41, 5.74) is 0.0425. The maximum absolute atomic E-state index is 13.8. The molecule has 0 aliphatic heterocycles. The molecule has 1 aromatic carbocycles. The number of halogens is 2. The third-order valence-electron chi connectivity index (χ3n) is 3.81. The first kappa shape index (κ1) is 13.0. The van der Waals surface area contributed by atoms with E-state index in [2.05, 4.69) is 5.10 Å². The van der Waals surface area contributed by atoms with E-state index in [-0.39, 0.29) is 22.9 Å². The smallest absolute Gasteiger partial charge is 0.153 e. The Balaban J connectivity index is 2.10. The van der Waals surface area contributed by atoms with Crippen molar-refractivity contribution in [3.05, 3.63) is 41.6 Å². The zero-order valence-corrected chi connectivity index (χ0v) is 11.0. The first-order valence-corrected chi connectivity index (χ1v) is 6.60. The molecule has 0 radical (unpaired) electrons. The van der Waals surface area contributed by atoms with Gasteiger partial charge in [0.15, 0.2) is 6.29 Å². The van der Waals surface area contributed by atoms with Crippen molar-refractivity contribution in [2.24, 2.45) is 5.92 Å². The maximum Gasteiger partial charge on any atom is 0.153 e. The van der Waals surface area contributed by atoms with Crippen molar-refractivity contribution in [3.63, 3.8) is 0 Å². The Labute approximate surface area is 115 Å². The Bertz CT molecular complexity index is 642. The number of nitrogens with zero attached hydrogens (tertiary/aromatic N) is 2. The molecule has 1 heterocycles. The largest absolute Gasteiger partial charge is 0.298 e. The number of rotatable bonds is 4. The fourth-order valence-corrected chi connectivity index (χ4v) is 2.41. The van der Waals surface area contributed by atoms with E-state index in [1.165, 1.54) is 6.07 Å². The Morgan fingerprint density at radius 2 is 2.00 bits per heavy atom. The molecule has 5 heteroatoms. The highest BCUT2D eigenvalue weighted by molar-refractivity contribution is 5.85. The first-order chi connectivity index (χ1) is 9.61. The van der Waals surface area contributed by atoms with Crippen molar-refractivity contribution in [3.8, 4) is 11.3 Å². The van der Waals surface area contributed by atoms with Crippen LogP contribution in [0.5, 0.6) is 0 Å². The summed E-state index contributed by atoms with van der Waals surface area (Å²) >= 11 is 0. The average Bonchev–Trinajstić information content (AvgIpc) is 3.18. The monoisotopic (exact) mass is 276 g/mol. The fourth-order valence-electron chi connectivity index (χ4n) is 2.41. The van der Waals surface area contributed by atoms with Gasteiger partial charge in [-0.05, 0) is 37.8 Å². The summed E-state index contributed by atoms with van der Waals surface area (Å²) in [4.78, 5) is 11.1. The molecule has 0 bridgehead atoms. The summed E-state index contributed by atoms with van der Waals surface area (Å²) in [6.07, 6.45) is 4.41. The standard InChI is InChI=1S/C15H14F2N2O/c1-9(10-5-6-10)19-7-11(8-20)15(18-19)14-12(16)3-2-4-13(14)17/h2-4,7-10H,5-6H2,1H3. The lowest BCUT2D eigenvalue weighted by Gasteiger charge is -2.10. The zero-order chi connectivity index (χ0) is 14.3. The Kier molecular flexibility index (Phi) is 3.12. The number of aromatic nitrogens is 2. The van der Waals surface area contributed by atoms with Gasteiger partial charge < -0.3 is 0 Å². The normalized spacial score (nSPS) is 16.1. The van der Waals surface area contributed by atoms with Crippen LogP contribution in [0.25, 0.3) is 11.3 Å². The molecular formula is C15H14F2N2O. The number of hydrogen-bond acceptors (Lipinski definition) is 2. The van der Waals surface area contributed by atoms with Crippen LogP contribution in [0.15, 0.2) is 24.4 Å². The van der Waals surface area contributed by atoms with Crippen molar-refractivity contribution >= 4 is 6.29 Å². The van der Waals surface area contributed by atoms with Gasteiger partial charge in [0.1, 0.15) is 17.3 Å². The molecule has 1 aromatic heterocycles. The second-order valence-electron chi connectivity index (χ2n) is 5.21. The van der Waals surface area contributed by atoms with Crippen LogP contribution in [0, 0.1) is 17.6 Å². The zero-order valence-electron chi connectivity index (χ0n) is 11.0. The molecule has 20 heavy (non-hydrogen) atoms. The third kappa shape index (κ3) is 2.13. The quantitative estimate of drug-likeness (QED) is 0.799. The molecule has 104 valence electrons. The lowest BCUT2D eigenvalue weighted by Crippen LogP contribution is -2.07. The van der Waals surface area contributed by atoms with Gasteiger partial charge in [0.05, 0.1) is 17.2 Å². The van der Waals surface area contributed by atoms with Crippen molar-refractivity contribution in [1.29, 1.82) is 0 Å². The van der Waals surface area contributed by atoms with E-state index >= 15 is 0 Å². The predicted molar refractivity (Wildman–Crippen MR) is 70.4 cm³/mol. The highest BCUT2D eigenvalue weighted by Gasteiger charge is 2.30. The van der Waals surface area contributed by atoms with Crippen LogP contribution in [0.2, 0.25) is 0 Å². The topological polar surface area (TPSA) is 34.9 Å². The van der Waals surface area contributed by atoms with Crippen LogP contribution in [-0.2, 0) is 0 Å². The van der Waals surface area contributed by atoms with E-state index in [1.54, 1.807) is 10.9 Å². The summed E-state index contributed by atoms with van der Waals surface area (Å²) in [6, 6.07) is 3.75. The SMILES string of the molecule is CC(C1CC1)n1cc(C=O)c(-c2c(F)cccc2F)n1. The third-order valence-corrected chi connectivity index (χ3v) is 3.81. The molecule has 1 atom stereocenters. The van der Waals surface area contributed by atoms with Crippen molar-refractivity contribution in [1.82, 2.24) is 9.78 Å². The number of benzene rings is 1. The molecule has 1 aliphatic carbocycles. The molecule has 0 amide bonds. The van der Waals surface area contributed by atoms with Crippen LogP contribution in [0.3, 0.4) is 0 Å². The van der Waals surface area contributed by atoms with Crippen molar-refractivity contribution in [2.45, 2.75) is 25.8 Å². The minimum Gasteiger partial charge on any atom is -0.298 e. The van der Waals surface area contributed by atoms with Gasteiger partial charge in [0.2, 0.25) is 0 Å². The van der Waals surface area contributed by atoms with Gasteiger partial charge in [-0.2, -0.15) is 5.10 Å². The number of hydrogen-bond donors (Lipinski definition) is 0. The molecule has 1 unspecified atom stereocenters. The Hall–Kier alpha value is -2.04. The van der Waals surface area contributed by atoms with Crippen LogP contribution in [0.1, 0.15) is 36.2 Å². The highest BCUT2D eigenvalue weighted by atomic mass is 19.1. The predicted octanol–water partition coefficient (Wildman–Crippen LogP) is 3.61. The molecule has 0 saturated heterocycles. The molecule has 2 aromatic rings. The molecule has 1 aliphatic rings. The highest BCUT2D eigenvalue weighted by Crippen LogP contribution is 2.40. The van der Waals surface area contributed by atoms with Crippen LogP contribution >= 0.6 is 0 Å². The second kappa shape index (κ2) is 4.81. The molecule has 1 saturated carbocycles. The van der Waals surface area contributed by atoms with Crippen molar-refractivity contribution in [2.75, 3.05) is 0 Å². The second-order valence-corrected chi connectivity index (χ2v) is 5.21. The summed E-state index contributed by atoms with van der Waals surface area (Å²) < 4.78 is 29.3. The molecule has 1 fully saturated rings. The Morgan fingerprint density at radius 3 is 2.55 bits per heavy atom. The van der Waals surface area contributed by atoms with E-state index < -0.39 is 11.6 Å². The molecule has 0 spiro atoms. The number of aldehydes is 1. The molecular weight excluding hydrogens is 262 g/mol. The van der Waals surface area contributed by atoms with Gasteiger partial charge >= 0.3 is 0 Å². The van der Waals surface area contributed by atoms with Crippen LogP contribution in [-0.4, -0.2) is 16.1 Å². The van der Waals surface area contributed by atoms with E-state index in [0.717, 1.165) is 25.0 Å². The molecule has 3 rings (SSSR count). The van der Waals surface area contributed by atoms with Crippen LogP contribution < -0.4 is 0 Å². The summed E-state index contributed by atoms with van der Waals surface area (Å²) in [5.74, 6) is -0.887. The van der Waals surface area contributed by atoms with Gasteiger partial charge in [0.25, 0.3) is 0 Å². The van der Waals surface area contributed by atoms with E-state index in [0.29, 0.717) is 12.2 Å². The van der Waals surface area contributed by atoms with Gasteiger partial charge in [-0.15, -0.1) is 0 Å². The summed E-state index contributed by atoms with van der Waals surface area (Å²) in [5, 5.41) is 4.24. The van der Waals surface area contributed by atoms with Gasteiger partial charge in [-0.1, -0.05) is 6.07 Å². The summed E-state index contributed by atoms with van der Waals surface area (Å²) in [7, 11) is 0. The van der Waals surface area contributed by atoms with Crippen molar-refractivity contribution < 1.29 is 13.6 Å². The lowest BCUT2D eigenvalue weighted by atomic mass is 10.1. The molecule has 0 N–H and O–H groups in total. The van der Waals surface area contributed by atoms with Gasteiger partial charge in [-0.3, -0.25) is 9.48 Å². The van der Waals surface area contributed by atoms with Crippen LogP contribution in [0.4, 0.5) is 8.78 Å². The van der Waals surface area contributed by atoms with Gasteiger partial charge in [-0.25, -0.2) is 8.78 Å². The van der Waals surface area contributed by atoms with E-state index in [4.69, 9.17) is 0 Å². The average molecular weight is 276 g/mol. The van der Waals surface area contributed by atoms with E-state index in [9.17, 15) is 13.6 Å². The first-order valence-electron chi connectivity index (χ1n) is 6.60. The molecule has 3 nitrogen and oxygen atoms in total. The minimum absolute atomic E-state index is 0.0723. The maximum atomic E-state index is 13.8. The fraction of sp³-hybridized carbons (Fsp3) is 0.333. The lowest BCUT2D eigenvalue weighted by molar-refractivity contribution is 0.112. The Morgan fingerprint density at radius 1 is 1.35 bits per heavy atom. The summed E-state index contributed by atoms with van der Waals surface area (Å²) in [6.45, 7) is 2.00. The van der Waals surface area contributed by atoms with E-state index in [1.807, 2.05) is 6.92 Å². The number of carbonyl (C=O) groups is 1. The van der Waals surface area contributed by atoms with Gasteiger partial charge in [0, 0.05) is 6.20 Å².